The van der Waals surface area contributed by atoms with Crippen molar-refractivity contribution in [2.24, 2.45) is 11.7 Å². The second kappa shape index (κ2) is 6.17. The fourth-order valence-electron chi connectivity index (χ4n) is 2.96. The maximum absolute atomic E-state index is 13.7. The zero-order chi connectivity index (χ0) is 14.7. The molecule has 2 rings (SSSR count). The van der Waals surface area contributed by atoms with Crippen LogP contribution in [-0.2, 0) is 0 Å². The molecule has 0 bridgehead atoms. The average Bonchev–Trinajstić information content (AvgIpc) is 2.45. The summed E-state index contributed by atoms with van der Waals surface area (Å²) in [5.74, 6) is -0.201. The van der Waals surface area contributed by atoms with E-state index < -0.39 is 16.4 Å². The normalized spacial score (nSPS) is 22.9. The number of halogens is 1. The zero-order valence-electron chi connectivity index (χ0n) is 11.6. The van der Waals surface area contributed by atoms with Crippen LogP contribution in [0.5, 0.6) is 0 Å². The van der Waals surface area contributed by atoms with Crippen LogP contribution in [0.15, 0.2) is 18.2 Å². The van der Waals surface area contributed by atoms with E-state index in [1.165, 1.54) is 6.07 Å². The van der Waals surface area contributed by atoms with Crippen molar-refractivity contribution in [3.63, 3.8) is 0 Å². The smallest absolute Gasteiger partial charge is 0.327 e. The molecule has 6 heteroatoms. The number of hydrogen-bond acceptors (Lipinski definition) is 4. The van der Waals surface area contributed by atoms with E-state index in [0.717, 1.165) is 25.3 Å². The highest BCUT2D eigenvalue weighted by Gasteiger charge is 2.32. The first kappa shape index (κ1) is 14.7. The summed E-state index contributed by atoms with van der Waals surface area (Å²) in [4.78, 5) is 12.4. The summed E-state index contributed by atoms with van der Waals surface area (Å²) >= 11 is 0. The molecule has 2 unspecified atom stereocenters. The maximum Gasteiger partial charge on any atom is 0.327 e. The Balaban J connectivity index is 2.35. The van der Waals surface area contributed by atoms with Gasteiger partial charge in [-0.25, -0.2) is 0 Å². The van der Waals surface area contributed by atoms with Crippen molar-refractivity contribution in [3.8, 4) is 0 Å². The fraction of sp³-hybridized carbons (Fsp3) is 0.571. The molecule has 2 N–H and O–H groups in total. The van der Waals surface area contributed by atoms with E-state index in [1.54, 1.807) is 6.07 Å². The molecule has 0 amide bonds. The molecule has 0 spiro atoms. The number of hydrogen-bond donors (Lipinski definition) is 1. The number of nitrogens with two attached hydrogens (primary N) is 1. The molecule has 1 aromatic rings. The van der Waals surface area contributed by atoms with Gasteiger partial charge in [-0.3, -0.25) is 10.1 Å². The van der Waals surface area contributed by atoms with E-state index >= 15 is 0 Å². The van der Waals surface area contributed by atoms with Crippen LogP contribution in [0, 0.1) is 21.8 Å². The van der Waals surface area contributed by atoms with E-state index in [0.29, 0.717) is 24.7 Å². The SMILES string of the molecule is CCC1CCN(c2cccc(F)c2[N+](=O)[O-])C(CN)C1. The zero-order valence-corrected chi connectivity index (χ0v) is 11.6. The van der Waals surface area contributed by atoms with Gasteiger partial charge >= 0.3 is 5.69 Å². The summed E-state index contributed by atoms with van der Waals surface area (Å²) in [6.45, 7) is 3.24. The van der Waals surface area contributed by atoms with Gasteiger partial charge in [-0.15, -0.1) is 0 Å². The summed E-state index contributed by atoms with van der Waals surface area (Å²) in [7, 11) is 0. The fourth-order valence-corrected chi connectivity index (χ4v) is 2.96. The highest BCUT2D eigenvalue weighted by Crippen LogP contribution is 2.36. The molecule has 0 aromatic heterocycles. The standard InChI is InChI=1S/C14H20FN3O2/c1-2-10-6-7-17(11(8-10)9-16)13-5-3-4-12(15)14(13)18(19)20/h3-5,10-11H,2,6-9,16H2,1H3. The molecule has 0 saturated carbocycles. The minimum absolute atomic E-state index is 0.0363. The number of rotatable bonds is 4. The molecular formula is C14H20FN3O2. The van der Waals surface area contributed by atoms with Crippen molar-refractivity contribution in [2.75, 3.05) is 18.0 Å². The summed E-state index contributed by atoms with van der Waals surface area (Å²) in [5.41, 5.74) is 5.71. The maximum atomic E-state index is 13.7. The Hall–Kier alpha value is -1.69. The van der Waals surface area contributed by atoms with Crippen LogP contribution in [0.1, 0.15) is 26.2 Å². The molecule has 1 aliphatic rings. The number of nitro benzene ring substituents is 1. The highest BCUT2D eigenvalue weighted by atomic mass is 19.1. The van der Waals surface area contributed by atoms with E-state index in [2.05, 4.69) is 6.92 Å². The third-order valence-corrected chi connectivity index (χ3v) is 4.13. The van der Waals surface area contributed by atoms with Gasteiger partial charge in [0.2, 0.25) is 5.82 Å². The third kappa shape index (κ3) is 2.75. The van der Waals surface area contributed by atoms with Crippen molar-refractivity contribution in [3.05, 3.63) is 34.1 Å². The predicted octanol–water partition coefficient (Wildman–Crippen LogP) is 2.69. The lowest BCUT2D eigenvalue weighted by molar-refractivity contribution is -0.386. The minimum Gasteiger partial charge on any atom is -0.362 e. The Morgan fingerprint density at radius 3 is 2.90 bits per heavy atom. The largest absolute Gasteiger partial charge is 0.362 e. The number of nitrogens with zero attached hydrogens (tertiary/aromatic N) is 2. The first-order chi connectivity index (χ1) is 9.58. The molecule has 110 valence electrons. The number of anilines is 1. The van der Waals surface area contributed by atoms with Crippen molar-refractivity contribution >= 4 is 11.4 Å². The van der Waals surface area contributed by atoms with Gasteiger partial charge in [0.1, 0.15) is 5.69 Å². The van der Waals surface area contributed by atoms with Gasteiger partial charge in [0.25, 0.3) is 0 Å². The van der Waals surface area contributed by atoms with E-state index in [-0.39, 0.29) is 6.04 Å². The monoisotopic (exact) mass is 281 g/mol. The first-order valence-electron chi connectivity index (χ1n) is 6.98. The molecule has 1 fully saturated rings. The van der Waals surface area contributed by atoms with Crippen LogP contribution in [0.3, 0.4) is 0 Å². The number of benzene rings is 1. The van der Waals surface area contributed by atoms with Crippen molar-refractivity contribution < 1.29 is 9.31 Å². The lowest BCUT2D eigenvalue weighted by Gasteiger charge is -2.40. The van der Waals surface area contributed by atoms with Gasteiger partial charge in [-0.05, 0) is 30.9 Å². The topological polar surface area (TPSA) is 72.4 Å². The van der Waals surface area contributed by atoms with Crippen LogP contribution in [0.25, 0.3) is 0 Å². The van der Waals surface area contributed by atoms with E-state index in [1.807, 2.05) is 4.90 Å². The third-order valence-electron chi connectivity index (χ3n) is 4.13. The summed E-state index contributed by atoms with van der Waals surface area (Å²) in [6, 6.07) is 4.28. The van der Waals surface area contributed by atoms with Crippen LogP contribution in [-0.4, -0.2) is 24.1 Å². The molecule has 1 aliphatic heterocycles. The van der Waals surface area contributed by atoms with Crippen molar-refractivity contribution in [1.82, 2.24) is 0 Å². The number of para-hydroxylation sites is 1. The predicted molar refractivity (Wildman–Crippen MR) is 76.3 cm³/mol. The lowest BCUT2D eigenvalue weighted by atomic mass is 9.88. The van der Waals surface area contributed by atoms with Crippen LogP contribution in [0.4, 0.5) is 15.8 Å². The van der Waals surface area contributed by atoms with Gasteiger partial charge < -0.3 is 10.6 Å². The highest BCUT2D eigenvalue weighted by molar-refractivity contribution is 5.64. The minimum atomic E-state index is -0.791. The Labute approximate surface area is 117 Å². The Bertz CT molecular complexity index is 495. The quantitative estimate of drug-likeness (QED) is 0.680. The Morgan fingerprint density at radius 1 is 1.55 bits per heavy atom. The Morgan fingerprint density at radius 2 is 2.30 bits per heavy atom. The molecular weight excluding hydrogens is 261 g/mol. The van der Waals surface area contributed by atoms with Crippen LogP contribution >= 0.6 is 0 Å². The molecule has 0 radical (unpaired) electrons. The van der Waals surface area contributed by atoms with E-state index in [9.17, 15) is 14.5 Å². The summed E-state index contributed by atoms with van der Waals surface area (Å²) in [6.07, 6.45) is 2.94. The number of piperidine rings is 1. The van der Waals surface area contributed by atoms with Gasteiger partial charge in [-0.2, -0.15) is 4.39 Å². The van der Waals surface area contributed by atoms with E-state index in [4.69, 9.17) is 5.73 Å². The molecule has 1 heterocycles. The van der Waals surface area contributed by atoms with Crippen molar-refractivity contribution in [1.29, 1.82) is 0 Å². The molecule has 20 heavy (non-hydrogen) atoms. The summed E-state index contributed by atoms with van der Waals surface area (Å²) in [5, 5.41) is 11.1. The molecule has 2 atom stereocenters. The van der Waals surface area contributed by atoms with Crippen LogP contribution < -0.4 is 10.6 Å². The second-order valence-corrected chi connectivity index (χ2v) is 5.25. The van der Waals surface area contributed by atoms with Gasteiger partial charge in [0.05, 0.1) is 4.92 Å². The van der Waals surface area contributed by atoms with Gasteiger partial charge in [0.15, 0.2) is 0 Å². The Kier molecular flexibility index (Phi) is 4.54. The number of nitro groups is 1. The molecule has 0 aliphatic carbocycles. The first-order valence-corrected chi connectivity index (χ1v) is 6.98. The second-order valence-electron chi connectivity index (χ2n) is 5.25. The average molecular weight is 281 g/mol. The lowest BCUT2D eigenvalue weighted by Crippen LogP contribution is -2.47. The summed E-state index contributed by atoms with van der Waals surface area (Å²) < 4.78 is 13.7. The van der Waals surface area contributed by atoms with Gasteiger partial charge in [-0.1, -0.05) is 19.4 Å². The molecule has 5 nitrogen and oxygen atoms in total. The molecule has 1 saturated heterocycles. The van der Waals surface area contributed by atoms with Crippen LogP contribution in [0.2, 0.25) is 0 Å². The molecule has 1 aromatic carbocycles. The van der Waals surface area contributed by atoms with Gasteiger partial charge in [0, 0.05) is 19.1 Å². The van der Waals surface area contributed by atoms with Crippen molar-refractivity contribution in [2.45, 2.75) is 32.2 Å².